The lowest BCUT2D eigenvalue weighted by Crippen LogP contribution is -2.48. The van der Waals surface area contributed by atoms with Gasteiger partial charge in [0.1, 0.15) is 11.6 Å². The molecule has 2 amide bonds. The molecular weight excluding hydrogens is 562 g/mol. The van der Waals surface area contributed by atoms with Gasteiger partial charge in [-0.05, 0) is 71.1 Å². The maximum Gasteiger partial charge on any atom is 0.251 e. The van der Waals surface area contributed by atoms with Crippen LogP contribution in [-0.2, 0) is 4.79 Å². The van der Waals surface area contributed by atoms with Gasteiger partial charge in [0.15, 0.2) is 5.96 Å². The first-order valence-electron chi connectivity index (χ1n) is 14.6. The Balaban J connectivity index is 1.40. The van der Waals surface area contributed by atoms with E-state index in [1.807, 2.05) is 36.4 Å². The van der Waals surface area contributed by atoms with Crippen LogP contribution in [-0.4, -0.2) is 61.9 Å². The van der Waals surface area contributed by atoms with E-state index in [1.54, 1.807) is 42.3 Å². The van der Waals surface area contributed by atoms with Crippen LogP contribution >= 0.6 is 0 Å². The quantitative estimate of drug-likeness (QED) is 0.0837. The van der Waals surface area contributed by atoms with Crippen LogP contribution in [0.4, 0.5) is 8.78 Å². The molecule has 0 spiro atoms. The normalized spacial score (nSPS) is 11.7. The van der Waals surface area contributed by atoms with E-state index in [1.165, 1.54) is 24.3 Å². The van der Waals surface area contributed by atoms with Gasteiger partial charge < -0.3 is 26.6 Å². The van der Waals surface area contributed by atoms with Gasteiger partial charge in [0.25, 0.3) is 5.91 Å². The molecule has 230 valence electrons. The van der Waals surface area contributed by atoms with E-state index in [9.17, 15) is 18.4 Å². The minimum Gasteiger partial charge on any atom is -0.370 e. The summed E-state index contributed by atoms with van der Waals surface area (Å²) < 4.78 is 27.4. The van der Waals surface area contributed by atoms with E-state index in [0.717, 1.165) is 21.9 Å². The molecule has 0 heterocycles. The van der Waals surface area contributed by atoms with Crippen LogP contribution in [0.1, 0.15) is 40.2 Å². The van der Waals surface area contributed by atoms with Crippen molar-refractivity contribution in [3.63, 3.8) is 0 Å². The predicted molar refractivity (Wildman–Crippen MR) is 170 cm³/mol. The predicted octanol–water partition coefficient (Wildman–Crippen LogP) is 4.36. The van der Waals surface area contributed by atoms with Gasteiger partial charge in [-0.15, -0.1) is 0 Å². The van der Waals surface area contributed by atoms with Gasteiger partial charge in [0.2, 0.25) is 5.91 Å². The number of hydrogen-bond acceptors (Lipinski definition) is 4. The van der Waals surface area contributed by atoms with Crippen molar-refractivity contribution >= 4 is 28.5 Å². The Morgan fingerprint density at radius 1 is 0.818 bits per heavy atom. The van der Waals surface area contributed by atoms with Gasteiger partial charge in [-0.3, -0.25) is 15.0 Å². The number of benzene rings is 4. The molecule has 4 rings (SSSR count). The highest BCUT2D eigenvalue weighted by Crippen LogP contribution is 2.26. The number of likely N-dealkylation sites (N-methyl/N-ethyl adjacent to an activating group) is 1. The number of carbonyl (C=O) groups excluding carboxylic acids is 2. The van der Waals surface area contributed by atoms with Crippen LogP contribution in [0.15, 0.2) is 91.0 Å². The van der Waals surface area contributed by atoms with Crippen molar-refractivity contribution in [1.82, 2.24) is 20.9 Å². The van der Waals surface area contributed by atoms with Crippen LogP contribution in [0, 0.1) is 17.0 Å². The van der Waals surface area contributed by atoms with Crippen molar-refractivity contribution in [2.75, 3.05) is 33.2 Å². The van der Waals surface area contributed by atoms with Gasteiger partial charge >= 0.3 is 0 Å². The van der Waals surface area contributed by atoms with Gasteiger partial charge in [0.05, 0.1) is 6.04 Å². The fourth-order valence-electron chi connectivity index (χ4n) is 5.12. The lowest BCUT2D eigenvalue weighted by molar-refractivity contribution is -0.132. The molecule has 0 unspecified atom stereocenters. The van der Waals surface area contributed by atoms with Crippen LogP contribution < -0.4 is 21.7 Å². The molecule has 0 bridgehead atoms. The summed E-state index contributed by atoms with van der Waals surface area (Å²) in [6, 6.07) is 24.9. The molecular formula is C34H38F2N6O2. The lowest BCUT2D eigenvalue weighted by Gasteiger charge is -2.29. The molecule has 10 heteroatoms. The minimum atomic E-state index is -0.576. The zero-order valence-electron chi connectivity index (χ0n) is 24.7. The van der Waals surface area contributed by atoms with E-state index in [0.29, 0.717) is 38.0 Å². The van der Waals surface area contributed by atoms with Crippen LogP contribution in [0.2, 0.25) is 0 Å². The molecule has 4 aromatic carbocycles. The third-order valence-corrected chi connectivity index (χ3v) is 7.47. The van der Waals surface area contributed by atoms with Crippen molar-refractivity contribution in [3.05, 3.63) is 119 Å². The molecule has 0 aromatic heterocycles. The summed E-state index contributed by atoms with van der Waals surface area (Å²) in [5.74, 6) is -1.56. The Hall–Kier alpha value is -4.83. The number of halogens is 2. The Kier molecular flexibility index (Phi) is 11.4. The second-order valence-electron chi connectivity index (χ2n) is 10.7. The third kappa shape index (κ3) is 9.08. The first-order valence-corrected chi connectivity index (χ1v) is 14.6. The summed E-state index contributed by atoms with van der Waals surface area (Å²) in [6.07, 6.45) is 1.03. The topological polar surface area (TPSA) is 123 Å². The number of amides is 2. The maximum atomic E-state index is 13.7. The Labute approximate surface area is 256 Å². The molecule has 8 nitrogen and oxygen atoms in total. The highest BCUT2D eigenvalue weighted by Gasteiger charge is 2.25. The smallest absolute Gasteiger partial charge is 0.251 e. The second kappa shape index (κ2) is 15.6. The fourth-order valence-corrected chi connectivity index (χ4v) is 5.12. The molecule has 0 aliphatic heterocycles. The number of nitrogens with two attached hydrogens (primary N) is 1. The average Bonchev–Trinajstić information content (AvgIpc) is 3.03. The molecule has 0 saturated carbocycles. The van der Waals surface area contributed by atoms with Crippen LogP contribution in [0.3, 0.4) is 0 Å². The van der Waals surface area contributed by atoms with Crippen LogP contribution in [0.5, 0.6) is 0 Å². The second-order valence-corrected chi connectivity index (χ2v) is 10.7. The minimum absolute atomic E-state index is 0.143. The number of guanidine groups is 1. The lowest BCUT2D eigenvalue weighted by atomic mass is 9.90. The highest BCUT2D eigenvalue weighted by atomic mass is 19.1. The first kappa shape index (κ1) is 32.1. The summed E-state index contributed by atoms with van der Waals surface area (Å²) in [5.41, 5.74) is 7.55. The van der Waals surface area contributed by atoms with Crippen molar-refractivity contribution in [2.45, 2.75) is 24.8 Å². The van der Waals surface area contributed by atoms with E-state index < -0.39 is 6.04 Å². The zero-order chi connectivity index (χ0) is 31.5. The summed E-state index contributed by atoms with van der Waals surface area (Å²) in [7, 11) is 1.70. The SMILES string of the molecule is CN(CC(c1ccc(F)cc1)c1ccc(F)cc1)C(=O)[C@H](CCCNC(=N)N)NCCNC(=O)c1ccc2ccccc2c1. The molecule has 0 aliphatic rings. The Morgan fingerprint density at radius 2 is 1.43 bits per heavy atom. The van der Waals surface area contributed by atoms with Crippen molar-refractivity contribution in [3.8, 4) is 0 Å². The molecule has 1 atom stereocenters. The first-order chi connectivity index (χ1) is 21.2. The molecule has 4 aromatic rings. The van der Waals surface area contributed by atoms with Crippen molar-refractivity contribution < 1.29 is 18.4 Å². The fraction of sp³-hybridized carbons (Fsp3) is 0.265. The van der Waals surface area contributed by atoms with Gasteiger partial charge in [-0.25, -0.2) is 8.78 Å². The molecule has 44 heavy (non-hydrogen) atoms. The average molecular weight is 601 g/mol. The Morgan fingerprint density at radius 3 is 2.05 bits per heavy atom. The largest absolute Gasteiger partial charge is 0.370 e. The third-order valence-electron chi connectivity index (χ3n) is 7.47. The Bertz CT molecular complexity index is 1520. The number of rotatable bonds is 14. The number of hydrogen-bond donors (Lipinski definition) is 5. The van der Waals surface area contributed by atoms with Gasteiger partial charge in [-0.1, -0.05) is 54.6 Å². The van der Waals surface area contributed by atoms with E-state index in [4.69, 9.17) is 11.1 Å². The molecule has 0 radical (unpaired) electrons. The number of fused-ring (bicyclic) bond motifs is 1. The standard InChI is InChI=1S/C34H38F2N6O2/c1-42(22-30(24-10-14-28(35)15-11-24)25-12-16-29(36)17-13-25)33(44)31(7-4-18-41-34(37)38)39-19-20-40-32(43)27-9-8-23-5-2-3-6-26(23)21-27/h2-3,5-6,8-17,21,30-31,39H,4,7,18-20,22H2,1H3,(H,40,43)(H4,37,38,41)/t31-/m0/s1. The molecule has 0 aliphatic carbocycles. The summed E-state index contributed by atoms with van der Waals surface area (Å²) in [5, 5.41) is 18.4. The number of carbonyl (C=O) groups is 2. The zero-order valence-corrected chi connectivity index (χ0v) is 24.7. The monoisotopic (exact) mass is 600 g/mol. The van der Waals surface area contributed by atoms with E-state index in [2.05, 4.69) is 16.0 Å². The summed E-state index contributed by atoms with van der Waals surface area (Å²) >= 11 is 0. The molecule has 6 N–H and O–H groups in total. The summed E-state index contributed by atoms with van der Waals surface area (Å²) in [4.78, 5) is 28.1. The number of nitrogens with one attached hydrogen (secondary N) is 4. The van der Waals surface area contributed by atoms with Crippen molar-refractivity contribution in [2.24, 2.45) is 5.73 Å². The van der Waals surface area contributed by atoms with E-state index in [-0.39, 0.29) is 41.9 Å². The number of nitrogens with zero attached hydrogens (tertiary/aromatic N) is 1. The molecule has 0 saturated heterocycles. The van der Waals surface area contributed by atoms with Crippen LogP contribution in [0.25, 0.3) is 10.8 Å². The van der Waals surface area contributed by atoms with Gasteiger partial charge in [-0.2, -0.15) is 0 Å². The summed E-state index contributed by atoms with van der Waals surface area (Å²) in [6.45, 7) is 1.36. The van der Waals surface area contributed by atoms with Gasteiger partial charge in [0, 0.05) is 44.7 Å². The maximum absolute atomic E-state index is 13.7. The van der Waals surface area contributed by atoms with E-state index >= 15 is 0 Å². The molecule has 0 fully saturated rings. The van der Waals surface area contributed by atoms with Crippen molar-refractivity contribution in [1.29, 1.82) is 5.41 Å². The highest BCUT2D eigenvalue weighted by molar-refractivity contribution is 5.98.